The van der Waals surface area contributed by atoms with Gasteiger partial charge in [0.15, 0.2) is 0 Å². The molecule has 2 amide bonds. The van der Waals surface area contributed by atoms with Crippen molar-refractivity contribution in [3.05, 3.63) is 28.2 Å². The quantitative estimate of drug-likeness (QED) is 0.853. The van der Waals surface area contributed by atoms with Crippen LogP contribution in [0, 0.1) is 0 Å². The maximum absolute atomic E-state index is 11.9. The van der Waals surface area contributed by atoms with Crippen molar-refractivity contribution >= 4 is 39.2 Å². The molecule has 6 heteroatoms. The van der Waals surface area contributed by atoms with Crippen LogP contribution in [0.5, 0.6) is 0 Å². The standard InChI is InChI=1S/C13H13BrN2O3/c1-15-10(17)6-3-7-16-11-8(12(18)13(16)19)4-2-5-9(11)14/h2,4-5H,3,6-7H2,1H3,(H,15,17). The normalized spacial score (nSPS) is 13.7. The van der Waals surface area contributed by atoms with Gasteiger partial charge >= 0.3 is 0 Å². The second kappa shape index (κ2) is 5.52. The van der Waals surface area contributed by atoms with Gasteiger partial charge in [-0.2, -0.15) is 0 Å². The Bertz CT molecular complexity index is 557. The van der Waals surface area contributed by atoms with Gasteiger partial charge in [-0.1, -0.05) is 6.07 Å². The zero-order valence-electron chi connectivity index (χ0n) is 10.4. The molecule has 1 heterocycles. The third kappa shape index (κ3) is 2.53. The fourth-order valence-corrected chi connectivity index (χ4v) is 2.63. The lowest BCUT2D eigenvalue weighted by Gasteiger charge is -2.17. The Labute approximate surface area is 119 Å². The average molecular weight is 325 g/mol. The largest absolute Gasteiger partial charge is 0.359 e. The third-order valence-corrected chi connectivity index (χ3v) is 3.65. The molecule has 0 spiro atoms. The van der Waals surface area contributed by atoms with Gasteiger partial charge in [0.25, 0.3) is 11.7 Å². The Balaban J connectivity index is 2.17. The van der Waals surface area contributed by atoms with Crippen LogP contribution in [0.2, 0.25) is 0 Å². The van der Waals surface area contributed by atoms with E-state index in [0.717, 1.165) is 0 Å². The topological polar surface area (TPSA) is 66.5 Å². The predicted molar refractivity (Wildman–Crippen MR) is 74.1 cm³/mol. The van der Waals surface area contributed by atoms with Crippen molar-refractivity contribution < 1.29 is 14.4 Å². The van der Waals surface area contributed by atoms with Crippen molar-refractivity contribution in [1.82, 2.24) is 5.32 Å². The molecule has 100 valence electrons. The molecule has 0 fully saturated rings. The van der Waals surface area contributed by atoms with E-state index >= 15 is 0 Å². The number of para-hydroxylation sites is 1. The molecule has 1 aliphatic rings. The fourth-order valence-electron chi connectivity index (χ4n) is 2.05. The van der Waals surface area contributed by atoms with E-state index in [2.05, 4.69) is 21.2 Å². The van der Waals surface area contributed by atoms with Crippen LogP contribution in [-0.4, -0.2) is 31.2 Å². The van der Waals surface area contributed by atoms with E-state index in [0.29, 0.717) is 35.1 Å². The van der Waals surface area contributed by atoms with Crippen molar-refractivity contribution in [2.75, 3.05) is 18.5 Å². The Morgan fingerprint density at radius 3 is 2.79 bits per heavy atom. The minimum Gasteiger partial charge on any atom is -0.359 e. The van der Waals surface area contributed by atoms with Crippen LogP contribution in [-0.2, 0) is 9.59 Å². The van der Waals surface area contributed by atoms with Gasteiger partial charge < -0.3 is 10.2 Å². The van der Waals surface area contributed by atoms with Gasteiger partial charge in [-0.15, -0.1) is 0 Å². The first-order valence-electron chi connectivity index (χ1n) is 5.91. The molecule has 1 aromatic carbocycles. The molecule has 1 N–H and O–H groups in total. The van der Waals surface area contributed by atoms with Gasteiger partial charge in [0.2, 0.25) is 5.91 Å². The summed E-state index contributed by atoms with van der Waals surface area (Å²) >= 11 is 3.35. The number of hydrogen-bond acceptors (Lipinski definition) is 3. The summed E-state index contributed by atoms with van der Waals surface area (Å²) in [5, 5.41) is 2.52. The van der Waals surface area contributed by atoms with Crippen molar-refractivity contribution in [2.45, 2.75) is 12.8 Å². The molecule has 5 nitrogen and oxygen atoms in total. The van der Waals surface area contributed by atoms with Crippen LogP contribution in [0.4, 0.5) is 5.69 Å². The third-order valence-electron chi connectivity index (χ3n) is 3.01. The Morgan fingerprint density at radius 2 is 2.11 bits per heavy atom. The summed E-state index contributed by atoms with van der Waals surface area (Å²) in [7, 11) is 1.57. The molecule has 0 saturated carbocycles. The number of amides is 2. The molecule has 0 bridgehead atoms. The number of benzene rings is 1. The van der Waals surface area contributed by atoms with Gasteiger partial charge in [-0.3, -0.25) is 14.4 Å². The summed E-state index contributed by atoms with van der Waals surface area (Å²) in [6.07, 6.45) is 0.841. The van der Waals surface area contributed by atoms with Crippen LogP contribution in [0.15, 0.2) is 22.7 Å². The van der Waals surface area contributed by atoms with Crippen molar-refractivity contribution in [3.8, 4) is 0 Å². The minimum atomic E-state index is -0.529. The zero-order valence-corrected chi connectivity index (χ0v) is 12.0. The maximum atomic E-state index is 11.9. The average Bonchev–Trinajstić information content (AvgIpc) is 2.65. The van der Waals surface area contributed by atoms with E-state index in [4.69, 9.17) is 0 Å². The van der Waals surface area contributed by atoms with Crippen LogP contribution in [0.1, 0.15) is 23.2 Å². The number of Topliss-reactive ketones (excluding diaryl/α,β-unsaturated/α-hetero) is 1. The van der Waals surface area contributed by atoms with Crippen LogP contribution in [0.3, 0.4) is 0 Å². The summed E-state index contributed by atoms with van der Waals surface area (Å²) in [6, 6.07) is 5.15. The molecule has 0 radical (unpaired) electrons. The van der Waals surface area contributed by atoms with E-state index in [1.807, 2.05) is 0 Å². The minimum absolute atomic E-state index is 0.0784. The number of nitrogens with zero attached hydrogens (tertiary/aromatic N) is 1. The highest BCUT2D eigenvalue weighted by atomic mass is 79.9. The van der Waals surface area contributed by atoms with Crippen molar-refractivity contribution in [3.63, 3.8) is 0 Å². The van der Waals surface area contributed by atoms with Crippen molar-refractivity contribution in [1.29, 1.82) is 0 Å². The van der Waals surface area contributed by atoms with E-state index in [9.17, 15) is 14.4 Å². The Kier molecular flexibility index (Phi) is 3.99. The first kappa shape index (κ1) is 13.7. The summed E-state index contributed by atoms with van der Waals surface area (Å²) in [5.41, 5.74) is 1.02. The second-order valence-corrected chi connectivity index (χ2v) is 5.05. The number of rotatable bonds is 4. The SMILES string of the molecule is CNC(=O)CCCN1C(=O)C(=O)c2cccc(Br)c21. The number of hydrogen-bond donors (Lipinski definition) is 1. The van der Waals surface area contributed by atoms with Crippen LogP contribution in [0.25, 0.3) is 0 Å². The smallest absolute Gasteiger partial charge is 0.299 e. The number of nitrogens with one attached hydrogen (secondary N) is 1. The molecule has 0 unspecified atom stereocenters. The van der Waals surface area contributed by atoms with E-state index in [1.165, 1.54) is 4.90 Å². The first-order chi connectivity index (χ1) is 9.06. The Hall–Kier alpha value is -1.69. The van der Waals surface area contributed by atoms with Gasteiger partial charge in [0, 0.05) is 24.5 Å². The molecule has 19 heavy (non-hydrogen) atoms. The van der Waals surface area contributed by atoms with Crippen LogP contribution < -0.4 is 10.2 Å². The lowest BCUT2D eigenvalue weighted by molar-refractivity contribution is -0.121. The summed E-state index contributed by atoms with van der Waals surface area (Å²) in [4.78, 5) is 36.3. The van der Waals surface area contributed by atoms with Gasteiger partial charge in [0.05, 0.1) is 11.3 Å². The fraction of sp³-hybridized carbons (Fsp3) is 0.308. The molecule has 2 rings (SSSR count). The number of anilines is 1. The lowest BCUT2D eigenvalue weighted by Crippen LogP contribution is -2.31. The molecular formula is C13H13BrN2O3. The number of halogens is 1. The van der Waals surface area contributed by atoms with Crippen LogP contribution >= 0.6 is 15.9 Å². The summed E-state index contributed by atoms with van der Waals surface area (Å²) < 4.78 is 0.712. The lowest BCUT2D eigenvalue weighted by atomic mass is 10.1. The maximum Gasteiger partial charge on any atom is 0.299 e. The van der Waals surface area contributed by atoms with Gasteiger partial charge in [-0.25, -0.2) is 0 Å². The van der Waals surface area contributed by atoms with E-state index in [-0.39, 0.29) is 5.91 Å². The zero-order chi connectivity index (χ0) is 14.0. The van der Waals surface area contributed by atoms with Gasteiger partial charge in [-0.05, 0) is 34.5 Å². The monoisotopic (exact) mass is 324 g/mol. The highest BCUT2D eigenvalue weighted by molar-refractivity contribution is 9.10. The first-order valence-corrected chi connectivity index (χ1v) is 6.71. The number of carbonyl (C=O) groups excluding carboxylic acids is 3. The highest BCUT2D eigenvalue weighted by Crippen LogP contribution is 2.35. The summed E-state index contributed by atoms with van der Waals surface area (Å²) in [5.74, 6) is -1.10. The molecule has 1 aliphatic heterocycles. The molecule has 0 aromatic heterocycles. The number of carbonyl (C=O) groups is 3. The number of ketones is 1. The number of fused-ring (bicyclic) bond motifs is 1. The molecular weight excluding hydrogens is 312 g/mol. The predicted octanol–water partition coefficient (Wildman–Crippen LogP) is 1.50. The molecule has 0 aliphatic carbocycles. The molecule has 0 atom stereocenters. The molecule has 1 aromatic rings. The second-order valence-electron chi connectivity index (χ2n) is 4.20. The van der Waals surface area contributed by atoms with E-state index in [1.54, 1.807) is 25.2 Å². The van der Waals surface area contributed by atoms with Gasteiger partial charge in [0.1, 0.15) is 0 Å². The Morgan fingerprint density at radius 1 is 1.37 bits per heavy atom. The van der Waals surface area contributed by atoms with E-state index < -0.39 is 11.7 Å². The molecule has 0 saturated heterocycles. The highest BCUT2D eigenvalue weighted by Gasteiger charge is 2.36. The van der Waals surface area contributed by atoms with Crippen molar-refractivity contribution in [2.24, 2.45) is 0 Å². The summed E-state index contributed by atoms with van der Waals surface area (Å²) in [6.45, 7) is 0.355.